The van der Waals surface area contributed by atoms with Crippen LogP contribution in [0.5, 0.6) is 0 Å². The van der Waals surface area contributed by atoms with Crippen molar-refractivity contribution < 1.29 is 13.8 Å². The quantitative estimate of drug-likeness (QED) is 0.559. The van der Waals surface area contributed by atoms with Gasteiger partial charge in [-0.15, -0.1) is 11.3 Å². The van der Waals surface area contributed by atoms with Crippen LogP contribution < -0.4 is 15.5 Å². The zero-order valence-electron chi connectivity index (χ0n) is 17.5. The maximum absolute atomic E-state index is 13.3. The molecule has 1 aliphatic heterocycles. The summed E-state index contributed by atoms with van der Waals surface area (Å²) in [6.07, 6.45) is 0.384. The summed E-state index contributed by atoms with van der Waals surface area (Å²) >= 11 is 1.34. The van der Waals surface area contributed by atoms with Crippen LogP contribution in [0.1, 0.15) is 15.2 Å². The second kappa shape index (κ2) is 10.6. The Morgan fingerprint density at radius 2 is 1.69 bits per heavy atom. The molecule has 2 N–H and O–H groups in total. The summed E-state index contributed by atoms with van der Waals surface area (Å²) in [6.45, 7) is 1.37. The third-order valence-electron chi connectivity index (χ3n) is 5.33. The van der Waals surface area contributed by atoms with Crippen molar-refractivity contribution in [1.82, 2.24) is 5.32 Å². The largest absolute Gasteiger partial charge is 0.368 e. The highest BCUT2D eigenvalue weighted by molar-refractivity contribution is 7.85. The lowest BCUT2D eigenvalue weighted by Crippen LogP contribution is -2.45. The van der Waals surface area contributed by atoms with Gasteiger partial charge in [0, 0.05) is 41.8 Å². The van der Waals surface area contributed by atoms with Gasteiger partial charge in [0.2, 0.25) is 5.91 Å². The highest BCUT2D eigenvalue weighted by atomic mass is 32.2. The maximum atomic E-state index is 13.3. The van der Waals surface area contributed by atoms with Gasteiger partial charge >= 0.3 is 0 Å². The highest BCUT2D eigenvalue weighted by Gasteiger charge is 2.24. The van der Waals surface area contributed by atoms with Gasteiger partial charge in [0.15, 0.2) is 0 Å². The van der Waals surface area contributed by atoms with Crippen molar-refractivity contribution in [3.63, 3.8) is 0 Å². The number of benzene rings is 2. The van der Waals surface area contributed by atoms with Gasteiger partial charge in [-0.25, -0.2) is 0 Å². The molecule has 6 nitrogen and oxygen atoms in total. The third kappa shape index (κ3) is 5.63. The zero-order valence-corrected chi connectivity index (χ0v) is 19.2. The average Bonchev–Trinajstić information content (AvgIpc) is 3.36. The van der Waals surface area contributed by atoms with Crippen LogP contribution in [0.3, 0.4) is 0 Å². The van der Waals surface area contributed by atoms with E-state index in [1.165, 1.54) is 11.3 Å². The fourth-order valence-electron chi connectivity index (χ4n) is 3.65. The molecule has 32 heavy (non-hydrogen) atoms. The second-order valence-corrected chi connectivity index (χ2v) is 10.2. The molecule has 0 saturated carbocycles. The van der Waals surface area contributed by atoms with Gasteiger partial charge in [-0.3, -0.25) is 13.8 Å². The first-order chi connectivity index (χ1) is 15.6. The Hall–Kier alpha value is -2.97. The third-order valence-corrected chi connectivity index (χ3v) is 7.47. The molecule has 2 heterocycles. The van der Waals surface area contributed by atoms with Crippen LogP contribution in [0.4, 0.5) is 11.4 Å². The minimum atomic E-state index is -0.779. The molecule has 0 radical (unpaired) electrons. The van der Waals surface area contributed by atoms with Gasteiger partial charge in [0.1, 0.15) is 6.04 Å². The Morgan fingerprint density at radius 3 is 2.41 bits per heavy atom. The molecule has 1 fully saturated rings. The SMILES string of the molecule is O=C(N[C@H](Cc1ccccc1)C(=O)Nc1ccccc1N1CCS(=O)CC1)c1cccs1. The van der Waals surface area contributed by atoms with Crippen LogP contribution in [0, 0.1) is 0 Å². The predicted octanol–water partition coefficient (Wildman–Crippen LogP) is 3.30. The normalized spacial score (nSPS) is 15.2. The Balaban J connectivity index is 1.53. The lowest BCUT2D eigenvalue weighted by atomic mass is 10.0. The van der Waals surface area contributed by atoms with Crippen LogP contribution >= 0.6 is 11.3 Å². The van der Waals surface area contributed by atoms with Crippen LogP contribution in [0.2, 0.25) is 0 Å². The number of amides is 2. The van der Waals surface area contributed by atoms with Crippen molar-refractivity contribution in [2.24, 2.45) is 0 Å². The van der Waals surface area contributed by atoms with Gasteiger partial charge < -0.3 is 15.5 Å². The molecule has 0 spiro atoms. The van der Waals surface area contributed by atoms with Crippen molar-refractivity contribution in [3.8, 4) is 0 Å². The van der Waals surface area contributed by atoms with Crippen molar-refractivity contribution in [1.29, 1.82) is 0 Å². The van der Waals surface area contributed by atoms with E-state index >= 15 is 0 Å². The van der Waals surface area contributed by atoms with Gasteiger partial charge in [0.25, 0.3) is 5.91 Å². The van der Waals surface area contributed by atoms with E-state index in [9.17, 15) is 13.8 Å². The van der Waals surface area contributed by atoms with E-state index in [1.54, 1.807) is 6.07 Å². The number of nitrogens with one attached hydrogen (secondary N) is 2. The summed E-state index contributed by atoms with van der Waals surface area (Å²) < 4.78 is 11.7. The number of carbonyl (C=O) groups is 2. The van der Waals surface area contributed by atoms with Gasteiger partial charge in [-0.05, 0) is 29.1 Å². The smallest absolute Gasteiger partial charge is 0.262 e. The van der Waals surface area contributed by atoms with E-state index in [4.69, 9.17) is 0 Å². The van der Waals surface area contributed by atoms with E-state index in [-0.39, 0.29) is 11.8 Å². The van der Waals surface area contributed by atoms with Crippen molar-refractivity contribution in [3.05, 3.63) is 82.6 Å². The highest BCUT2D eigenvalue weighted by Crippen LogP contribution is 2.27. The van der Waals surface area contributed by atoms with Crippen LogP contribution in [0.15, 0.2) is 72.1 Å². The fraction of sp³-hybridized carbons (Fsp3) is 0.250. The van der Waals surface area contributed by atoms with Gasteiger partial charge in [0.05, 0.1) is 16.3 Å². The first-order valence-electron chi connectivity index (χ1n) is 10.5. The second-order valence-electron chi connectivity index (χ2n) is 7.53. The maximum Gasteiger partial charge on any atom is 0.262 e. The van der Waals surface area contributed by atoms with Crippen molar-refractivity contribution in [2.45, 2.75) is 12.5 Å². The van der Waals surface area contributed by atoms with Gasteiger partial charge in [-0.2, -0.15) is 0 Å². The Labute approximate surface area is 194 Å². The molecule has 0 bridgehead atoms. The number of anilines is 2. The van der Waals surface area contributed by atoms with E-state index in [2.05, 4.69) is 15.5 Å². The molecule has 8 heteroatoms. The summed E-state index contributed by atoms with van der Waals surface area (Å²) in [4.78, 5) is 28.7. The number of rotatable bonds is 7. The van der Waals surface area contributed by atoms with E-state index in [0.29, 0.717) is 41.6 Å². The molecule has 4 rings (SSSR count). The lowest BCUT2D eigenvalue weighted by Gasteiger charge is -2.30. The summed E-state index contributed by atoms with van der Waals surface area (Å²) in [5.74, 6) is 0.709. The van der Waals surface area contributed by atoms with E-state index < -0.39 is 16.8 Å². The molecular formula is C24H25N3O3S2. The monoisotopic (exact) mass is 467 g/mol. The molecule has 166 valence electrons. The minimum absolute atomic E-state index is 0.261. The number of thiophene rings is 1. The fourth-order valence-corrected chi connectivity index (χ4v) is 5.33. The predicted molar refractivity (Wildman–Crippen MR) is 131 cm³/mol. The summed E-state index contributed by atoms with van der Waals surface area (Å²) in [6, 6.07) is 20.1. The topological polar surface area (TPSA) is 78.5 Å². The lowest BCUT2D eigenvalue weighted by molar-refractivity contribution is -0.118. The standard InChI is InChI=1S/C24H25N3O3S2/c28-23(25-19-9-4-5-10-21(19)27-12-15-32(30)16-13-27)20(17-18-7-2-1-3-8-18)26-24(29)22-11-6-14-31-22/h1-11,14,20H,12-13,15-17H2,(H,25,28)(H,26,29)/t20-/m1/s1. The number of hydrogen-bond acceptors (Lipinski definition) is 5. The van der Waals surface area contributed by atoms with Crippen molar-refractivity contribution in [2.75, 3.05) is 34.8 Å². The Kier molecular flexibility index (Phi) is 7.34. The van der Waals surface area contributed by atoms with E-state index in [0.717, 1.165) is 11.3 Å². The van der Waals surface area contributed by atoms with Crippen LogP contribution in [-0.4, -0.2) is 46.7 Å². The number of carbonyl (C=O) groups excluding carboxylic acids is 2. The summed E-state index contributed by atoms with van der Waals surface area (Å²) in [5.41, 5.74) is 2.56. The summed E-state index contributed by atoms with van der Waals surface area (Å²) in [7, 11) is -0.779. The molecule has 1 aromatic heterocycles. The molecule has 0 aliphatic carbocycles. The number of para-hydroxylation sites is 2. The average molecular weight is 468 g/mol. The van der Waals surface area contributed by atoms with Gasteiger partial charge in [-0.1, -0.05) is 48.5 Å². The molecular weight excluding hydrogens is 442 g/mol. The first-order valence-corrected chi connectivity index (χ1v) is 12.8. The molecule has 0 unspecified atom stereocenters. The summed E-state index contributed by atoms with van der Waals surface area (Å²) in [5, 5.41) is 7.76. The first kappa shape index (κ1) is 22.2. The van der Waals surface area contributed by atoms with Crippen molar-refractivity contribution >= 4 is 45.3 Å². The molecule has 2 aromatic carbocycles. The number of hydrogen-bond donors (Lipinski definition) is 2. The molecule has 2 amide bonds. The zero-order chi connectivity index (χ0) is 22.3. The molecule has 1 aliphatic rings. The Morgan fingerprint density at radius 1 is 0.969 bits per heavy atom. The molecule has 1 atom stereocenters. The number of nitrogens with zero attached hydrogens (tertiary/aromatic N) is 1. The molecule has 3 aromatic rings. The van der Waals surface area contributed by atoms with Crippen LogP contribution in [0.25, 0.3) is 0 Å². The van der Waals surface area contributed by atoms with E-state index in [1.807, 2.05) is 66.0 Å². The minimum Gasteiger partial charge on any atom is -0.368 e. The van der Waals surface area contributed by atoms with Crippen LogP contribution in [-0.2, 0) is 22.0 Å². The Bertz CT molecular complexity index is 1080. The molecule has 1 saturated heterocycles.